The van der Waals surface area contributed by atoms with Crippen molar-refractivity contribution < 1.29 is 17.9 Å². The highest BCUT2D eigenvalue weighted by molar-refractivity contribution is 7.89. The SMILES string of the molecule is Cc1ccc(NC(=O)CC2COCCN2)cc1S(=O)(=O)NC(C)(C)C.Cl. The normalized spacial score (nSPS) is 18.1. The molecule has 0 aromatic heterocycles. The van der Waals surface area contributed by atoms with Crippen LogP contribution in [0.3, 0.4) is 0 Å². The molecule has 1 amide bonds. The number of anilines is 1. The van der Waals surface area contributed by atoms with E-state index >= 15 is 0 Å². The van der Waals surface area contributed by atoms with Gasteiger partial charge in [0.15, 0.2) is 0 Å². The van der Waals surface area contributed by atoms with Gasteiger partial charge in [-0.15, -0.1) is 12.4 Å². The van der Waals surface area contributed by atoms with E-state index in [1.807, 2.05) is 0 Å². The van der Waals surface area contributed by atoms with Crippen molar-refractivity contribution in [2.75, 3.05) is 25.1 Å². The minimum atomic E-state index is -3.67. The van der Waals surface area contributed by atoms with Crippen LogP contribution in [0.4, 0.5) is 5.69 Å². The summed E-state index contributed by atoms with van der Waals surface area (Å²) in [5.41, 5.74) is 0.496. The summed E-state index contributed by atoms with van der Waals surface area (Å²) in [5.74, 6) is -0.181. The lowest BCUT2D eigenvalue weighted by Gasteiger charge is -2.23. The number of carbonyl (C=O) groups is 1. The van der Waals surface area contributed by atoms with Gasteiger partial charge in [-0.05, 0) is 45.4 Å². The van der Waals surface area contributed by atoms with Gasteiger partial charge in [0.25, 0.3) is 0 Å². The summed E-state index contributed by atoms with van der Waals surface area (Å²) in [6.45, 7) is 8.95. The molecule has 1 fully saturated rings. The lowest BCUT2D eigenvalue weighted by molar-refractivity contribution is -0.117. The van der Waals surface area contributed by atoms with Gasteiger partial charge in [-0.2, -0.15) is 0 Å². The molecule has 0 aliphatic carbocycles. The third-order valence-electron chi connectivity index (χ3n) is 3.63. The zero-order chi connectivity index (χ0) is 18.7. The van der Waals surface area contributed by atoms with E-state index in [2.05, 4.69) is 15.4 Å². The van der Waals surface area contributed by atoms with Gasteiger partial charge in [0, 0.05) is 30.2 Å². The van der Waals surface area contributed by atoms with Crippen molar-refractivity contribution >= 4 is 34.0 Å². The molecule has 7 nitrogen and oxygen atoms in total. The Morgan fingerprint density at radius 3 is 2.62 bits per heavy atom. The molecule has 0 spiro atoms. The number of sulfonamides is 1. The third kappa shape index (κ3) is 6.85. The smallest absolute Gasteiger partial charge is 0.241 e. The standard InChI is InChI=1S/C17H27N3O4S.ClH/c1-12-5-6-13(9-15(12)25(22,23)20-17(2,3)4)19-16(21)10-14-11-24-8-7-18-14;/h5-6,9,14,18,20H,7-8,10-11H2,1-4H3,(H,19,21);1H. The lowest BCUT2D eigenvalue weighted by atomic mass is 10.1. The number of hydrogen-bond acceptors (Lipinski definition) is 5. The van der Waals surface area contributed by atoms with Gasteiger partial charge in [-0.25, -0.2) is 13.1 Å². The minimum Gasteiger partial charge on any atom is -0.378 e. The molecule has 9 heteroatoms. The van der Waals surface area contributed by atoms with E-state index in [0.717, 1.165) is 6.54 Å². The summed E-state index contributed by atoms with van der Waals surface area (Å²) in [7, 11) is -3.67. The van der Waals surface area contributed by atoms with Gasteiger partial charge in [-0.1, -0.05) is 6.07 Å². The summed E-state index contributed by atoms with van der Waals surface area (Å²) >= 11 is 0. The first kappa shape index (κ1) is 22.9. The number of ether oxygens (including phenoxy) is 1. The summed E-state index contributed by atoms with van der Waals surface area (Å²) in [6, 6.07) is 4.86. The molecule has 1 heterocycles. The van der Waals surface area contributed by atoms with Crippen LogP contribution < -0.4 is 15.4 Å². The molecule has 1 aliphatic heterocycles. The first-order valence-electron chi connectivity index (χ1n) is 8.32. The second-order valence-corrected chi connectivity index (χ2v) is 8.96. The number of rotatable bonds is 5. The van der Waals surface area contributed by atoms with E-state index in [0.29, 0.717) is 24.5 Å². The van der Waals surface area contributed by atoms with Crippen LogP contribution in [0, 0.1) is 6.92 Å². The van der Waals surface area contributed by atoms with Crippen molar-refractivity contribution in [3.8, 4) is 0 Å². The maximum Gasteiger partial charge on any atom is 0.241 e. The number of benzene rings is 1. The van der Waals surface area contributed by atoms with Gasteiger partial charge in [0.2, 0.25) is 15.9 Å². The molecule has 2 rings (SSSR count). The van der Waals surface area contributed by atoms with Gasteiger partial charge in [0.1, 0.15) is 0 Å². The predicted octanol–water partition coefficient (Wildman–Crippen LogP) is 1.81. The van der Waals surface area contributed by atoms with E-state index in [-0.39, 0.29) is 35.7 Å². The van der Waals surface area contributed by atoms with Gasteiger partial charge >= 0.3 is 0 Å². The van der Waals surface area contributed by atoms with Gasteiger partial charge in [-0.3, -0.25) is 4.79 Å². The highest BCUT2D eigenvalue weighted by atomic mass is 35.5. The van der Waals surface area contributed by atoms with Crippen LogP contribution in [0.25, 0.3) is 0 Å². The number of halogens is 1. The molecule has 0 radical (unpaired) electrons. The van der Waals surface area contributed by atoms with Crippen LogP contribution in [-0.2, 0) is 19.6 Å². The van der Waals surface area contributed by atoms with Crippen molar-refractivity contribution in [3.05, 3.63) is 23.8 Å². The fraction of sp³-hybridized carbons (Fsp3) is 0.588. The predicted molar refractivity (Wildman–Crippen MR) is 104 cm³/mol. The van der Waals surface area contributed by atoms with Crippen LogP contribution in [-0.4, -0.2) is 45.7 Å². The van der Waals surface area contributed by atoms with Crippen LogP contribution in [0.1, 0.15) is 32.8 Å². The van der Waals surface area contributed by atoms with Crippen LogP contribution in [0.5, 0.6) is 0 Å². The quantitative estimate of drug-likeness (QED) is 0.694. The highest BCUT2D eigenvalue weighted by Gasteiger charge is 2.24. The topological polar surface area (TPSA) is 96.5 Å². The molecule has 1 unspecified atom stereocenters. The average molecular weight is 406 g/mol. The first-order chi connectivity index (χ1) is 11.6. The Labute approximate surface area is 161 Å². The maximum absolute atomic E-state index is 12.6. The van der Waals surface area contributed by atoms with E-state index in [9.17, 15) is 13.2 Å². The van der Waals surface area contributed by atoms with Crippen molar-refractivity contribution in [2.45, 2.75) is 50.6 Å². The van der Waals surface area contributed by atoms with Crippen molar-refractivity contribution in [3.63, 3.8) is 0 Å². The Hall–Kier alpha value is -1.19. The number of aryl methyl sites for hydroxylation is 1. The maximum atomic E-state index is 12.6. The van der Waals surface area contributed by atoms with E-state index in [1.54, 1.807) is 39.8 Å². The fourth-order valence-corrected chi connectivity index (χ4v) is 4.30. The van der Waals surface area contributed by atoms with Gasteiger partial charge < -0.3 is 15.4 Å². The summed E-state index contributed by atoms with van der Waals surface area (Å²) in [5, 5.41) is 5.98. The van der Waals surface area contributed by atoms with Crippen LogP contribution in [0.2, 0.25) is 0 Å². The van der Waals surface area contributed by atoms with Crippen LogP contribution in [0.15, 0.2) is 23.1 Å². The zero-order valence-electron chi connectivity index (χ0n) is 15.6. The Morgan fingerprint density at radius 1 is 1.35 bits per heavy atom. The molecule has 1 aliphatic rings. The number of carbonyl (C=O) groups excluding carboxylic acids is 1. The monoisotopic (exact) mass is 405 g/mol. The molecule has 1 aromatic rings. The van der Waals surface area contributed by atoms with E-state index in [4.69, 9.17) is 4.74 Å². The number of hydrogen-bond donors (Lipinski definition) is 3. The molecule has 148 valence electrons. The molecule has 3 N–H and O–H groups in total. The second kappa shape index (κ2) is 9.14. The van der Waals surface area contributed by atoms with Crippen molar-refractivity contribution in [1.29, 1.82) is 0 Å². The molecular weight excluding hydrogens is 378 g/mol. The summed E-state index contributed by atoms with van der Waals surface area (Å²) < 4.78 is 33.1. The van der Waals surface area contributed by atoms with E-state index in [1.165, 1.54) is 6.07 Å². The molecule has 0 bridgehead atoms. The fourth-order valence-electron chi connectivity index (χ4n) is 2.61. The molecule has 0 saturated carbocycles. The highest BCUT2D eigenvalue weighted by Crippen LogP contribution is 2.22. The summed E-state index contributed by atoms with van der Waals surface area (Å²) in [6.07, 6.45) is 0.274. The Balaban J connectivity index is 0.00000338. The van der Waals surface area contributed by atoms with Crippen molar-refractivity contribution in [2.24, 2.45) is 0 Å². The average Bonchev–Trinajstić information content (AvgIpc) is 2.47. The summed E-state index contributed by atoms with van der Waals surface area (Å²) in [4.78, 5) is 12.3. The number of amides is 1. The first-order valence-corrected chi connectivity index (χ1v) is 9.81. The number of nitrogens with one attached hydrogen (secondary N) is 3. The molecule has 1 aromatic carbocycles. The third-order valence-corrected chi connectivity index (χ3v) is 5.53. The minimum absolute atomic E-state index is 0. The van der Waals surface area contributed by atoms with Gasteiger partial charge in [0.05, 0.1) is 18.1 Å². The van der Waals surface area contributed by atoms with Crippen LogP contribution >= 0.6 is 12.4 Å². The molecule has 1 saturated heterocycles. The Bertz CT molecular complexity index is 726. The Morgan fingerprint density at radius 2 is 2.04 bits per heavy atom. The lowest BCUT2D eigenvalue weighted by Crippen LogP contribution is -2.43. The second-order valence-electron chi connectivity index (χ2n) is 7.31. The Kier molecular flexibility index (Phi) is 8.04. The van der Waals surface area contributed by atoms with E-state index < -0.39 is 15.6 Å². The zero-order valence-corrected chi connectivity index (χ0v) is 17.2. The molecular formula is C17H28ClN3O4S. The molecule has 1 atom stereocenters. The molecule has 26 heavy (non-hydrogen) atoms. The number of morpholine rings is 1. The largest absolute Gasteiger partial charge is 0.378 e. The van der Waals surface area contributed by atoms with Crippen molar-refractivity contribution in [1.82, 2.24) is 10.0 Å².